The average molecular weight is 333 g/mol. The summed E-state index contributed by atoms with van der Waals surface area (Å²) >= 11 is 1.70. The fraction of sp³-hybridized carbons (Fsp3) is 0.412. The Hall–Kier alpha value is -1.79. The van der Waals surface area contributed by atoms with Crippen molar-refractivity contribution in [3.8, 4) is 11.1 Å². The van der Waals surface area contributed by atoms with Crippen LogP contribution < -0.4 is 5.32 Å². The Morgan fingerprint density at radius 2 is 2.13 bits per heavy atom. The maximum atomic E-state index is 12.4. The van der Waals surface area contributed by atoms with Crippen LogP contribution in [0, 0.1) is 5.92 Å². The largest absolute Gasteiger partial charge is 0.338 e. The third-order valence-electron chi connectivity index (χ3n) is 3.76. The molecule has 0 saturated carbocycles. The fourth-order valence-corrected chi connectivity index (χ4v) is 2.78. The third-order valence-corrected chi connectivity index (χ3v) is 4.72. The van der Waals surface area contributed by atoms with Crippen molar-refractivity contribution in [2.24, 2.45) is 5.92 Å². The highest BCUT2D eigenvalue weighted by atomic mass is 32.2. The minimum atomic E-state index is -0.0927. The molecule has 6 heteroatoms. The normalized spacial score (nSPS) is 12.3. The molecule has 0 bridgehead atoms. The second-order valence-corrected chi connectivity index (χ2v) is 6.20. The standard InChI is InChI=1S/C17H23N3O2S/c1-4-20(23-3)11-10-13(2)16(21)19-17-15(12-18-22-17)14-8-6-5-7-9-14/h5-9,12-13H,4,10-11H2,1-3H3,(H,19,21). The number of carbonyl (C=O) groups excluding carboxylic acids is 1. The van der Waals surface area contributed by atoms with Gasteiger partial charge in [-0.15, -0.1) is 0 Å². The molecule has 0 aliphatic rings. The molecule has 2 aromatic rings. The zero-order valence-electron chi connectivity index (χ0n) is 13.8. The van der Waals surface area contributed by atoms with Crippen molar-refractivity contribution in [3.63, 3.8) is 0 Å². The van der Waals surface area contributed by atoms with Crippen molar-refractivity contribution in [1.82, 2.24) is 9.46 Å². The van der Waals surface area contributed by atoms with E-state index in [2.05, 4.69) is 28.0 Å². The lowest BCUT2D eigenvalue weighted by Gasteiger charge is -2.19. The number of carbonyl (C=O) groups is 1. The predicted octanol–water partition coefficient (Wildman–Crippen LogP) is 3.91. The van der Waals surface area contributed by atoms with Gasteiger partial charge in [0.2, 0.25) is 11.8 Å². The Morgan fingerprint density at radius 3 is 2.78 bits per heavy atom. The van der Waals surface area contributed by atoms with Gasteiger partial charge in [-0.25, -0.2) is 0 Å². The van der Waals surface area contributed by atoms with Gasteiger partial charge in [-0.3, -0.25) is 14.4 Å². The summed E-state index contributed by atoms with van der Waals surface area (Å²) in [5.41, 5.74) is 1.77. The van der Waals surface area contributed by atoms with E-state index in [1.165, 1.54) is 0 Å². The number of anilines is 1. The number of hydrogen-bond donors (Lipinski definition) is 1. The van der Waals surface area contributed by atoms with Gasteiger partial charge in [-0.2, -0.15) is 0 Å². The summed E-state index contributed by atoms with van der Waals surface area (Å²) in [7, 11) is 0. The molecule has 0 aliphatic heterocycles. The number of amides is 1. The molecule has 1 amide bonds. The van der Waals surface area contributed by atoms with Crippen molar-refractivity contribution < 1.29 is 9.32 Å². The molecule has 0 saturated heterocycles. The summed E-state index contributed by atoms with van der Waals surface area (Å²) in [6.45, 7) is 5.90. The van der Waals surface area contributed by atoms with E-state index in [9.17, 15) is 4.79 Å². The van der Waals surface area contributed by atoms with E-state index < -0.39 is 0 Å². The highest BCUT2D eigenvalue weighted by Crippen LogP contribution is 2.28. The summed E-state index contributed by atoms with van der Waals surface area (Å²) in [6, 6.07) is 9.76. The predicted molar refractivity (Wildman–Crippen MR) is 95.1 cm³/mol. The second-order valence-electron chi connectivity index (χ2n) is 5.32. The SMILES string of the molecule is CCN(CCC(C)C(=O)Nc1oncc1-c1ccccc1)SC. The van der Waals surface area contributed by atoms with Gasteiger partial charge in [-0.1, -0.05) is 61.3 Å². The summed E-state index contributed by atoms with van der Waals surface area (Å²) in [6.07, 6.45) is 4.48. The summed E-state index contributed by atoms with van der Waals surface area (Å²) in [4.78, 5) is 12.4. The van der Waals surface area contributed by atoms with Gasteiger partial charge in [0.05, 0.1) is 11.8 Å². The van der Waals surface area contributed by atoms with Crippen LogP contribution in [0.1, 0.15) is 20.3 Å². The van der Waals surface area contributed by atoms with Crippen LogP contribution in [-0.4, -0.2) is 34.7 Å². The van der Waals surface area contributed by atoms with E-state index >= 15 is 0 Å². The van der Waals surface area contributed by atoms with Crippen LogP contribution in [0.15, 0.2) is 41.1 Å². The number of aromatic nitrogens is 1. The van der Waals surface area contributed by atoms with Gasteiger partial charge in [0.15, 0.2) is 0 Å². The molecule has 0 fully saturated rings. The Morgan fingerprint density at radius 1 is 1.39 bits per heavy atom. The number of rotatable bonds is 8. The van der Waals surface area contributed by atoms with Crippen molar-refractivity contribution in [2.45, 2.75) is 20.3 Å². The van der Waals surface area contributed by atoms with Gasteiger partial charge < -0.3 is 4.52 Å². The first kappa shape index (κ1) is 17.6. The van der Waals surface area contributed by atoms with Gasteiger partial charge >= 0.3 is 0 Å². The van der Waals surface area contributed by atoms with E-state index in [0.717, 1.165) is 30.6 Å². The summed E-state index contributed by atoms with van der Waals surface area (Å²) < 4.78 is 7.44. The molecular formula is C17H23N3O2S. The van der Waals surface area contributed by atoms with E-state index in [1.807, 2.05) is 37.3 Å². The van der Waals surface area contributed by atoms with Crippen LogP contribution in [0.25, 0.3) is 11.1 Å². The van der Waals surface area contributed by atoms with E-state index in [0.29, 0.717) is 5.88 Å². The van der Waals surface area contributed by atoms with Crippen molar-refractivity contribution >= 4 is 23.7 Å². The molecule has 124 valence electrons. The summed E-state index contributed by atoms with van der Waals surface area (Å²) in [5, 5.41) is 6.67. The molecule has 0 aliphatic carbocycles. The van der Waals surface area contributed by atoms with Crippen LogP contribution in [0.4, 0.5) is 5.88 Å². The molecule has 0 radical (unpaired) electrons. The molecule has 1 heterocycles. The molecule has 1 unspecified atom stereocenters. The smallest absolute Gasteiger partial charge is 0.239 e. The Kier molecular flexibility index (Phi) is 6.67. The van der Waals surface area contributed by atoms with E-state index in [1.54, 1.807) is 18.1 Å². The zero-order valence-corrected chi connectivity index (χ0v) is 14.6. The molecule has 1 N–H and O–H groups in total. The zero-order chi connectivity index (χ0) is 16.7. The average Bonchev–Trinajstić information content (AvgIpc) is 3.04. The molecule has 1 atom stereocenters. The Labute approximate surface area is 141 Å². The monoisotopic (exact) mass is 333 g/mol. The molecule has 5 nitrogen and oxygen atoms in total. The van der Waals surface area contributed by atoms with Gasteiger partial charge in [-0.05, 0) is 18.2 Å². The van der Waals surface area contributed by atoms with E-state index in [-0.39, 0.29) is 11.8 Å². The highest BCUT2D eigenvalue weighted by molar-refractivity contribution is 7.96. The lowest BCUT2D eigenvalue weighted by Crippen LogP contribution is -2.25. The lowest BCUT2D eigenvalue weighted by atomic mass is 10.1. The third kappa shape index (κ3) is 4.84. The lowest BCUT2D eigenvalue weighted by molar-refractivity contribution is -0.119. The van der Waals surface area contributed by atoms with E-state index in [4.69, 9.17) is 4.52 Å². The van der Waals surface area contributed by atoms with Crippen molar-refractivity contribution in [3.05, 3.63) is 36.5 Å². The number of hydrogen-bond acceptors (Lipinski definition) is 5. The fourth-order valence-electron chi connectivity index (χ4n) is 2.24. The Bertz CT molecular complexity index is 611. The first-order chi connectivity index (χ1) is 11.2. The number of benzene rings is 1. The molecule has 2 rings (SSSR count). The van der Waals surface area contributed by atoms with Gasteiger partial charge in [0, 0.05) is 19.0 Å². The molecule has 0 spiro atoms. The van der Waals surface area contributed by atoms with Crippen LogP contribution >= 0.6 is 11.9 Å². The van der Waals surface area contributed by atoms with Gasteiger partial charge in [0.1, 0.15) is 0 Å². The quantitative estimate of drug-likeness (QED) is 0.742. The first-order valence-electron chi connectivity index (χ1n) is 7.75. The van der Waals surface area contributed by atoms with Crippen molar-refractivity contribution in [2.75, 3.05) is 24.7 Å². The summed E-state index contributed by atoms with van der Waals surface area (Å²) in [5.74, 6) is 0.270. The molecule has 23 heavy (non-hydrogen) atoms. The number of nitrogens with one attached hydrogen (secondary N) is 1. The first-order valence-corrected chi connectivity index (χ1v) is 8.93. The molecule has 1 aromatic heterocycles. The highest BCUT2D eigenvalue weighted by Gasteiger charge is 2.18. The topological polar surface area (TPSA) is 58.4 Å². The van der Waals surface area contributed by atoms with Crippen LogP contribution in [0.2, 0.25) is 0 Å². The maximum Gasteiger partial charge on any atom is 0.239 e. The molecular weight excluding hydrogens is 310 g/mol. The van der Waals surface area contributed by atoms with Crippen LogP contribution in [0.5, 0.6) is 0 Å². The maximum absolute atomic E-state index is 12.4. The van der Waals surface area contributed by atoms with Gasteiger partial charge in [0.25, 0.3) is 0 Å². The van der Waals surface area contributed by atoms with Crippen LogP contribution in [0.3, 0.4) is 0 Å². The Balaban J connectivity index is 1.97. The van der Waals surface area contributed by atoms with Crippen LogP contribution in [-0.2, 0) is 4.79 Å². The second kappa shape index (κ2) is 8.74. The number of nitrogens with zero attached hydrogens (tertiary/aromatic N) is 2. The minimum absolute atomic E-state index is 0.0453. The molecule has 1 aromatic carbocycles. The minimum Gasteiger partial charge on any atom is -0.338 e. The van der Waals surface area contributed by atoms with Crippen molar-refractivity contribution in [1.29, 1.82) is 0 Å².